The summed E-state index contributed by atoms with van der Waals surface area (Å²) in [6.45, 7) is 3.28. The van der Waals surface area contributed by atoms with Gasteiger partial charge in [-0.3, -0.25) is 19.2 Å². The van der Waals surface area contributed by atoms with Crippen molar-refractivity contribution in [3.8, 4) is 0 Å². The maximum Gasteiger partial charge on any atom is 0.552 e. The van der Waals surface area contributed by atoms with Crippen molar-refractivity contribution in [2.75, 3.05) is 6.54 Å². The molecule has 0 aliphatic carbocycles. The molecule has 1 aromatic rings. The fourth-order valence-corrected chi connectivity index (χ4v) is 3.71. The van der Waals surface area contributed by atoms with Gasteiger partial charge in [0.25, 0.3) is 5.91 Å². The highest BCUT2D eigenvalue weighted by Crippen LogP contribution is 2.26. The molecule has 13 heteroatoms. The van der Waals surface area contributed by atoms with Crippen molar-refractivity contribution in [2.45, 2.75) is 38.7 Å². The lowest BCUT2D eigenvalue weighted by Crippen LogP contribution is -2.51. The summed E-state index contributed by atoms with van der Waals surface area (Å²) in [5.74, 6) is -4.92. The fourth-order valence-electron chi connectivity index (χ4n) is 2.89. The summed E-state index contributed by atoms with van der Waals surface area (Å²) in [6.07, 6.45) is -1.45. The molecule has 1 aliphatic heterocycles. The van der Waals surface area contributed by atoms with Gasteiger partial charge in [0.2, 0.25) is 5.91 Å². The minimum absolute atomic E-state index is 0.0763. The average Bonchev–Trinajstić information content (AvgIpc) is 3.02. The summed E-state index contributed by atoms with van der Waals surface area (Å²) < 4.78 is 25.0. The number of amides is 2. The molecule has 1 aromatic carbocycles. The van der Waals surface area contributed by atoms with E-state index in [-0.39, 0.29) is 20.4 Å². The third-order valence-electron chi connectivity index (χ3n) is 4.23. The fraction of sp³-hybridized carbons (Fsp3) is 0.444. The number of nitrogens with one attached hydrogen (secondary N) is 2. The second-order valence-corrected chi connectivity index (χ2v) is 8.94. The first kappa shape index (κ1) is 25.3. The summed E-state index contributed by atoms with van der Waals surface area (Å²) in [6, 6.07) is 2.92. The van der Waals surface area contributed by atoms with Crippen LogP contribution in [-0.4, -0.2) is 54.6 Å². The summed E-state index contributed by atoms with van der Waals surface area (Å²) >= 11 is 6.10. The van der Waals surface area contributed by atoms with Gasteiger partial charge in [0.1, 0.15) is 0 Å². The second-order valence-electron chi connectivity index (χ2n) is 7.23. The molecule has 168 valence electrons. The van der Waals surface area contributed by atoms with Crippen LogP contribution < -0.4 is 10.6 Å². The van der Waals surface area contributed by atoms with E-state index in [0.29, 0.717) is 6.42 Å². The van der Waals surface area contributed by atoms with Crippen molar-refractivity contribution in [3.05, 3.63) is 32.5 Å². The quantitative estimate of drug-likeness (QED) is 0.308. The molecule has 0 saturated carbocycles. The minimum atomic E-state index is -1.26. The third kappa shape index (κ3) is 7.01. The number of carboxylic acids is 1. The van der Waals surface area contributed by atoms with Crippen LogP contribution in [0, 0.1) is 11.7 Å². The van der Waals surface area contributed by atoms with E-state index >= 15 is 0 Å². The molecule has 0 bridgehead atoms. The predicted octanol–water partition coefficient (Wildman–Crippen LogP) is 2.06. The first-order valence-corrected chi connectivity index (χ1v) is 10.9. The minimum Gasteiger partial charge on any atom is -0.506 e. The van der Waals surface area contributed by atoms with E-state index in [2.05, 4.69) is 42.5 Å². The Morgan fingerprint density at radius 3 is 2.52 bits per heavy atom. The van der Waals surface area contributed by atoms with Crippen molar-refractivity contribution < 1.29 is 38.0 Å². The number of carbonyl (C=O) groups is 4. The number of rotatable bonds is 9. The number of aliphatic carboxylic acids is 1. The molecule has 31 heavy (non-hydrogen) atoms. The monoisotopic (exact) mass is 564 g/mol. The maximum absolute atomic E-state index is 14.2. The van der Waals surface area contributed by atoms with Crippen LogP contribution in [0.4, 0.5) is 4.39 Å². The maximum atomic E-state index is 14.2. The van der Waals surface area contributed by atoms with Gasteiger partial charge in [0.05, 0.1) is 28.9 Å². The van der Waals surface area contributed by atoms with Gasteiger partial charge in [-0.15, -0.1) is 0 Å². The van der Waals surface area contributed by atoms with Gasteiger partial charge in [0, 0.05) is 4.47 Å². The lowest BCUT2D eigenvalue weighted by Gasteiger charge is -2.21. The van der Waals surface area contributed by atoms with E-state index in [4.69, 9.17) is 14.4 Å². The Bertz CT molecular complexity index is 887. The van der Waals surface area contributed by atoms with Crippen LogP contribution in [0.3, 0.4) is 0 Å². The molecule has 9 nitrogen and oxygen atoms in total. The molecular weight excluding hydrogens is 546 g/mol. The molecule has 0 aromatic heterocycles. The van der Waals surface area contributed by atoms with Gasteiger partial charge in [-0.2, -0.15) is 0 Å². The van der Waals surface area contributed by atoms with E-state index < -0.39 is 61.7 Å². The number of carbonyl (C=O) groups excluding carboxylic acids is 3. The zero-order valence-electron chi connectivity index (χ0n) is 16.6. The van der Waals surface area contributed by atoms with Crippen molar-refractivity contribution in [1.82, 2.24) is 10.6 Å². The third-order valence-corrected chi connectivity index (χ3v) is 5.51. The van der Waals surface area contributed by atoms with Crippen LogP contribution >= 0.6 is 31.9 Å². The largest absolute Gasteiger partial charge is 0.552 e. The predicted molar refractivity (Wildman–Crippen MR) is 114 cm³/mol. The molecule has 1 heterocycles. The Morgan fingerprint density at radius 2 is 1.90 bits per heavy atom. The van der Waals surface area contributed by atoms with Crippen LogP contribution in [0.2, 0.25) is 0 Å². The van der Waals surface area contributed by atoms with Crippen molar-refractivity contribution in [2.24, 2.45) is 5.92 Å². The summed E-state index contributed by atoms with van der Waals surface area (Å²) in [5, 5.41) is 13.8. The lowest BCUT2D eigenvalue weighted by atomic mass is 9.74. The van der Waals surface area contributed by atoms with E-state index in [9.17, 15) is 23.6 Å². The summed E-state index contributed by atoms with van der Waals surface area (Å²) in [5.41, 5.74) is -0.259. The molecule has 0 radical (unpaired) electrons. The smallest absolute Gasteiger partial charge is 0.506 e. The topological polar surface area (TPSA) is 131 Å². The standard InChI is InChI=1S/C18H20BBr2FN2O7/c1-8(2)5-12(19-30-11(6-14(26)27)18(29)31-19)24-13(25)7-23-17(28)15-9(20)3-4-10(21)16(15)22/h3-4,8,11-12H,5-7H2,1-2H3,(H,23,28)(H,24,25)(H,26,27)/t11?,12-/m0/s1. The first-order chi connectivity index (χ1) is 14.5. The average molecular weight is 566 g/mol. The molecule has 1 saturated heterocycles. The molecule has 3 N–H and O–H groups in total. The molecule has 2 atom stereocenters. The van der Waals surface area contributed by atoms with Gasteiger partial charge < -0.3 is 25.0 Å². The van der Waals surface area contributed by atoms with Gasteiger partial charge in [-0.1, -0.05) is 13.8 Å². The number of hydrogen-bond acceptors (Lipinski definition) is 6. The second kappa shape index (κ2) is 11.0. The van der Waals surface area contributed by atoms with Crippen molar-refractivity contribution in [3.63, 3.8) is 0 Å². The molecular formula is C18H20BBr2FN2O7. The Balaban J connectivity index is 2.00. The summed E-state index contributed by atoms with van der Waals surface area (Å²) in [4.78, 5) is 47.4. The Hall–Kier alpha value is -1.99. The number of halogens is 3. The summed E-state index contributed by atoms with van der Waals surface area (Å²) in [7, 11) is -1.16. The van der Waals surface area contributed by atoms with E-state index in [1.165, 1.54) is 12.1 Å². The molecule has 0 spiro atoms. The van der Waals surface area contributed by atoms with Gasteiger partial charge in [-0.25, -0.2) is 4.39 Å². The normalized spacial score (nSPS) is 16.8. The van der Waals surface area contributed by atoms with Crippen LogP contribution in [0.15, 0.2) is 21.1 Å². The Morgan fingerprint density at radius 1 is 1.26 bits per heavy atom. The number of carboxylic acid groups (broad SMARTS) is 1. The van der Waals surface area contributed by atoms with Crippen LogP contribution in [0.1, 0.15) is 37.0 Å². The zero-order chi connectivity index (χ0) is 23.3. The molecule has 1 unspecified atom stereocenters. The van der Waals surface area contributed by atoms with Gasteiger partial charge >= 0.3 is 19.1 Å². The van der Waals surface area contributed by atoms with Crippen molar-refractivity contribution >= 4 is 62.7 Å². The van der Waals surface area contributed by atoms with E-state index in [0.717, 1.165) is 0 Å². The highest BCUT2D eigenvalue weighted by Gasteiger charge is 2.46. The molecule has 1 fully saturated rings. The highest BCUT2D eigenvalue weighted by molar-refractivity contribution is 9.11. The zero-order valence-corrected chi connectivity index (χ0v) is 19.8. The number of hydrogen-bond donors (Lipinski definition) is 3. The van der Waals surface area contributed by atoms with Gasteiger partial charge in [0.15, 0.2) is 11.9 Å². The first-order valence-electron chi connectivity index (χ1n) is 9.28. The SMILES string of the molecule is CC(C)C[C@H](NC(=O)CNC(=O)c1c(Br)ccc(Br)c1F)B1OC(=O)C(CC(=O)O)O1. The number of benzene rings is 1. The van der Waals surface area contributed by atoms with Crippen LogP contribution in [0.25, 0.3) is 0 Å². The molecule has 2 rings (SSSR count). The van der Waals surface area contributed by atoms with Crippen molar-refractivity contribution in [1.29, 1.82) is 0 Å². The van der Waals surface area contributed by atoms with Crippen LogP contribution in [-0.2, 0) is 23.7 Å². The molecule has 2 amide bonds. The van der Waals surface area contributed by atoms with E-state index in [1.54, 1.807) is 0 Å². The van der Waals surface area contributed by atoms with Crippen LogP contribution in [0.5, 0.6) is 0 Å². The Labute approximate surface area is 194 Å². The molecule has 1 aliphatic rings. The highest BCUT2D eigenvalue weighted by atomic mass is 79.9. The lowest BCUT2D eigenvalue weighted by molar-refractivity contribution is -0.145. The Kier molecular flexibility index (Phi) is 9.01. The van der Waals surface area contributed by atoms with E-state index in [1.807, 2.05) is 13.8 Å². The van der Waals surface area contributed by atoms with Gasteiger partial charge in [-0.05, 0) is 56.3 Å².